The van der Waals surface area contributed by atoms with Gasteiger partial charge in [0, 0.05) is 21.3 Å². The number of ether oxygens (including phenoxy) is 6. The van der Waals surface area contributed by atoms with E-state index in [1.165, 1.54) is 21.3 Å². The minimum atomic E-state index is -2.12. The molecule has 1 unspecified atom stereocenters. The van der Waals surface area contributed by atoms with Gasteiger partial charge in [-0.25, -0.2) is 4.79 Å². The Morgan fingerprint density at radius 2 is 1.41 bits per heavy atom. The van der Waals surface area contributed by atoms with E-state index in [0.717, 1.165) is 22.5 Å². The first kappa shape index (κ1) is 28.4. The van der Waals surface area contributed by atoms with E-state index in [-0.39, 0.29) is 47.7 Å². The Morgan fingerprint density at radius 1 is 0.892 bits per heavy atom. The topological polar surface area (TPSA) is 96.2 Å². The molecule has 0 aliphatic heterocycles. The number of hydrogen-bond donors (Lipinski definition) is 0. The van der Waals surface area contributed by atoms with Crippen LogP contribution in [0.4, 0.5) is 0 Å². The lowest BCUT2D eigenvalue weighted by molar-refractivity contribution is -0.164. The summed E-state index contributed by atoms with van der Waals surface area (Å²) in [6.45, 7) is 0.806. The minimum absolute atomic E-state index is 0.111. The predicted octanol–water partition coefficient (Wildman–Crippen LogP) is 5.04. The number of thiophene rings is 1. The van der Waals surface area contributed by atoms with Crippen LogP contribution in [0.3, 0.4) is 0 Å². The van der Waals surface area contributed by atoms with Crippen molar-refractivity contribution in [2.75, 3.05) is 47.8 Å². The molecular formula is C27H28ClNO7S. The molecular weight excluding hydrogens is 518 g/mol. The van der Waals surface area contributed by atoms with E-state index >= 15 is 0 Å². The van der Waals surface area contributed by atoms with Gasteiger partial charge in [-0.3, -0.25) is 0 Å². The normalized spacial score (nSPS) is 12.5. The molecule has 0 radical (unpaired) electrons. The molecule has 1 atom stereocenters. The number of carbonyl (C=O) groups excluding carboxylic acids is 1. The Morgan fingerprint density at radius 3 is 1.86 bits per heavy atom. The molecule has 0 aliphatic carbocycles. The zero-order chi connectivity index (χ0) is 26.7. The Kier molecular flexibility index (Phi) is 10.7. The van der Waals surface area contributed by atoms with Gasteiger partial charge in [0.1, 0.15) is 24.2 Å². The van der Waals surface area contributed by atoms with Gasteiger partial charge >= 0.3 is 5.97 Å². The number of esters is 1. The summed E-state index contributed by atoms with van der Waals surface area (Å²) in [6, 6.07) is 20.7. The summed E-state index contributed by atoms with van der Waals surface area (Å²) >= 11 is 7.78. The van der Waals surface area contributed by atoms with E-state index in [4.69, 9.17) is 40.0 Å². The summed E-state index contributed by atoms with van der Waals surface area (Å²) in [5, 5.41) is 7.65. The molecule has 0 amide bonds. The second kappa shape index (κ2) is 14.0. The Bertz CT molecular complexity index is 1140. The van der Waals surface area contributed by atoms with Crippen LogP contribution in [-0.2, 0) is 28.8 Å². The van der Waals surface area contributed by atoms with Gasteiger partial charge in [-0.2, -0.15) is 5.26 Å². The van der Waals surface area contributed by atoms with Crippen molar-refractivity contribution in [1.29, 1.82) is 5.26 Å². The molecule has 1 aromatic heterocycles. The van der Waals surface area contributed by atoms with Crippen LogP contribution in [0.25, 0.3) is 0 Å². The van der Waals surface area contributed by atoms with Crippen molar-refractivity contribution in [3.05, 3.63) is 81.5 Å². The second-order valence-corrected chi connectivity index (χ2v) is 9.17. The van der Waals surface area contributed by atoms with Crippen LogP contribution in [0.1, 0.15) is 27.0 Å². The highest BCUT2D eigenvalue weighted by Crippen LogP contribution is 2.50. The highest BCUT2D eigenvalue weighted by Gasteiger charge is 2.47. The Labute approximate surface area is 225 Å². The first-order valence-corrected chi connectivity index (χ1v) is 12.5. The van der Waals surface area contributed by atoms with Crippen LogP contribution in [-0.4, -0.2) is 53.7 Å². The maximum absolute atomic E-state index is 13.7. The molecule has 0 saturated carbocycles. The van der Waals surface area contributed by atoms with Gasteiger partial charge in [-0.15, -0.1) is 11.3 Å². The number of carbonyl (C=O) groups is 1. The summed E-state index contributed by atoms with van der Waals surface area (Å²) in [4.78, 5) is 14.0. The first-order valence-electron chi connectivity index (χ1n) is 11.4. The number of methoxy groups -OCH3 is 3. The Balaban J connectivity index is 2.03. The molecule has 0 saturated heterocycles. The fourth-order valence-electron chi connectivity index (χ4n) is 3.44. The van der Waals surface area contributed by atoms with E-state index < -0.39 is 17.1 Å². The Hall–Kier alpha value is -3.13. The number of alkyl halides is 1. The summed E-state index contributed by atoms with van der Waals surface area (Å²) in [5.74, 6) is -0.618. The van der Waals surface area contributed by atoms with Crippen LogP contribution in [0, 0.1) is 11.3 Å². The third-order valence-corrected chi connectivity index (χ3v) is 7.02. The average molecular weight is 546 g/mol. The van der Waals surface area contributed by atoms with E-state index in [1.54, 1.807) is 0 Å². The van der Waals surface area contributed by atoms with Gasteiger partial charge in [-0.05, 0) is 11.1 Å². The molecule has 0 spiro atoms. The van der Waals surface area contributed by atoms with Crippen LogP contribution in [0.2, 0.25) is 0 Å². The number of nitriles is 1. The largest absolute Gasteiger partial charge is 0.486 e. The number of halogens is 1. The highest BCUT2D eigenvalue weighted by atomic mass is 35.5. The van der Waals surface area contributed by atoms with Gasteiger partial charge in [0.25, 0.3) is 5.06 Å². The smallest absolute Gasteiger partial charge is 0.361 e. The zero-order valence-corrected chi connectivity index (χ0v) is 22.3. The molecule has 0 aliphatic rings. The molecule has 196 valence electrons. The van der Waals surface area contributed by atoms with Gasteiger partial charge in [0.15, 0.2) is 22.5 Å². The third kappa shape index (κ3) is 6.80. The fourth-order valence-corrected chi connectivity index (χ4v) is 4.72. The van der Waals surface area contributed by atoms with Crippen LogP contribution < -0.4 is 9.47 Å². The molecule has 0 N–H and O–H groups in total. The molecule has 3 aromatic rings. The summed E-state index contributed by atoms with van der Waals surface area (Å²) in [5.41, 5.74) is 1.50. The van der Waals surface area contributed by atoms with Crippen molar-refractivity contribution in [3.63, 3.8) is 0 Å². The average Bonchev–Trinajstić information content (AvgIpc) is 3.30. The number of nitrogens with zero attached hydrogens (tertiary/aromatic N) is 1. The predicted molar refractivity (Wildman–Crippen MR) is 139 cm³/mol. The standard InChI is InChI=1S/C27H28ClNO7S/c1-31-14-16-34-23-21(18-29)37-25(24(23)35-17-15-32-2)27(28,33-3)26(30)36-22(19-10-6-4-7-11-19)20-12-8-5-9-13-20/h4-13,22H,14-17H2,1-3H3. The molecule has 2 aromatic carbocycles. The lowest BCUT2D eigenvalue weighted by Crippen LogP contribution is -2.34. The zero-order valence-electron chi connectivity index (χ0n) is 20.8. The van der Waals surface area contributed by atoms with Crippen LogP contribution >= 0.6 is 22.9 Å². The van der Waals surface area contributed by atoms with Crippen molar-refractivity contribution < 1.29 is 33.2 Å². The molecule has 0 fully saturated rings. The maximum Gasteiger partial charge on any atom is 0.361 e. The van der Waals surface area contributed by atoms with E-state index in [2.05, 4.69) is 6.07 Å². The fraction of sp³-hybridized carbons (Fsp3) is 0.333. The van der Waals surface area contributed by atoms with Gasteiger partial charge < -0.3 is 28.4 Å². The summed E-state index contributed by atoms with van der Waals surface area (Å²) in [6.07, 6.45) is -0.756. The minimum Gasteiger partial charge on any atom is -0.486 e. The number of hydrogen-bond acceptors (Lipinski definition) is 9. The monoisotopic (exact) mass is 545 g/mol. The second-order valence-electron chi connectivity index (χ2n) is 7.62. The molecule has 8 nitrogen and oxygen atoms in total. The number of rotatable bonds is 14. The van der Waals surface area contributed by atoms with E-state index in [0.29, 0.717) is 0 Å². The van der Waals surface area contributed by atoms with Crippen LogP contribution in [0.15, 0.2) is 60.7 Å². The van der Waals surface area contributed by atoms with Crippen molar-refractivity contribution in [1.82, 2.24) is 0 Å². The highest BCUT2D eigenvalue weighted by molar-refractivity contribution is 7.14. The quantitative estimate of drug-likeness (QED) is 0.158. The van der Waals surface area contributed by atoms with E-state index in [1.807, 2.05) is 60.7 Å². The van der Waals surface area contributed by atoms with Gasteiger partial charge in [0.05, 0.1) is 13.2 Å². The van der Waals surface area contributed by atoms with Crippen molar-refractivity contribution in [2.24, 2.45) is 0 Å². The molecule has 37 heavy (non-hydrogen) atoms. The lowest BCUT2D eigenvalue weighted by atomic mass is 10.0. The molecule has 3 rings (SSSR count). The van der Waals surface area contributed by atoms with E-state index in [9.17, 15) is 10.1 Å². The summed E-state index contributed by atoms with van der Waals surface area (Å²) < 4.78 is 33.3. The number of benzene rings is 2. The van der Waals surface area contributed by atoms with Crippen molar-refractivity contribution in [2.45, 2.75) is 11.2 Å². The summed E-state index contributed by atoms with van der Waals surface area (Å²) in [7, 11) is 4.34. The van der Waals surface area contributed by atoms with Gasteiger partial charge in [0.2, 0.25) is 0 Å². The maximum atomic E-state index is 13.7. The van der Waals surface area contributed by atoms with Crippen LogP contribution in [0.5, 0.6) is 11.5 Å². The lowest BCUT2D eigenvalue weighted by Gasteiger charge is -2.27. The van der Waals surface area contributed by atoms with Crippen molar-refractivity contribution >= 4 is 28.9 Å². The first-order chi connectivity index (χ1) is 18.0. The molecule has 1 heterocycles. The molecule has 0 bridgehead atoms. The van der Waals surface area contributed by atoms with Gasteiger partial charge in [-0.1, -0.05) is 72.3 Å². The molecule has 10 heteroatoms. The SMILES string of the molecule is COCCOc1c(C#N)sc(C(Cl)(OC)C(=O)OC(c2ccccc2)c2ccccc2)c1OCCOC. The van der Waals surface area contributed by atoms with Crippen molar-refractivity contribution in [3.8, 4) is 17.6 Å². The third-order valence-electron chi connectivity index (χ3n) is 5.26.